The van der Waals surface area contributed by atoms with Crippen LogP contribution in [-0.4, -0.2) is 55.3 Å². The van der Waals surface area contributed by atoms with Crippen molar-refractivity contribution in [2.45, 2.75) is 31.2 Å². The molecule has 1 aromatic heterocycles. The molecule has 2 heterocycles. The summed E-state index contributed by atoms with van der Waals surface area (Å²) >= 11 is 0. The average Bonchev–Trinajstić information content (AvgIpc) is 3.27. The number of aromatic nitrogens is 1. The first-order valence-electron chi connectivity index (χ1n) is 11.2. The number of rotatable bonds is 7. The van der Waals surface area contributed by atoms with Crippen LogP contribution in [-0.2, 0) is 16.6 Å². The molecule has 174 valence electrons. The van der Waals surface area contributed by atoms with Gasteiger partial charge in [-0.2, -0.15) is 0 Å². The highest BCUT2D eigenvalue weighted by atomic mass is 32.2. The van der Waals surface area contributed by atoms with Gasteiger partial charge in [0.15, 0.2) is 0 Å². The molecule has 1 amide bonds. The standard InChI is InChI=1S/C25H30N4O3S/c1-19(2)21-8-10-22(11-9-21)33(31,32)27-24-13-12-23(26-24)25(30)29-16-14-28(15-17-29)18-20-6-4-3-5-7-20/h3-13,19,26-27H,14-18H2,1-2H3. The Labute approximate surface area is 195 Å². The van der Waals surface area contributed by atoms with Crippen molar-refractivity contribution in [3.05, 3.63) is 83.6 Å². The molecule has 1 aliphatic rings. The van der Waals surface area contributed by atoms with E-state index >= 15 is 0 Å². The second-order valence-corrected chi connectivity index (χ2v) is 10.4. The molecule has 2 N–H and O–H groups in total. The zero-order valence-corrected chi connectivity index (χ0v) is 19.8. The number of aromatic amines is 1. The molecule has 3 aromatic rings. The summed E-state index contributed by atoms with van der Waals surface area (Å²) in [6.07, 6.45) is 0. The molecule has 0 unspecified atom stereocenters. The van der Waals surface area contributed by atoms with Crippen molar-refractivity contribution >= 4 is 21.7 Å². The van der Waals surface area contributed by atoms with Gasteiger partial charge in [-0.05, 0) is 41.3 Å². The summed E-state index contributed by atoms with van der Waals surface area (Å²) in [6.45, 7) is 7.85. The van der Waals surface area contributed by atoms with Crippen molar-refractivity contribution in [2.75, 3.05) is 30.9 Å². The Kier molecular flexibility index (Phi) is 6.85. The fraction of sp³-hybridized carbons (Fsp3) is 0.320. The van der Waals surface area contributed by atoms with Crippen molar-refractivity contribution in [3.8, 4) is 0 Å². The summed E-state index contributed by atoms with van der Waals surface area (Å²) in [5, 5.41) is 0. The van der Waals surface area contributed by atoms with Gasteiger partial charge in [0, 0.05) is 32.7 Å². The van der Waals surface area contributed by atoms with Crippen LogP contribution in [0.3, 0.4) is 0 Å². The van der Waals surface area contributed by atoms with Crippen molar-refractivity contribution in [3.63, 3.8) is 0 Å². The quantitative estimate of drug-likeness (QED) is 0.553. The van der Waals surface area contributed by atoms with Gasteiger partial charge in [0.05, 0.1) is 4.90 Å². The summed E-state index contributed by atoms with van der Waals surface area (Å²) in [5.41, 5.74) is 2.71. The molecule has 2 aromatic carbocycles. The van der Waals surface area contributed by atoms with Crippen molar-refractivity contribution < 1.29 is 13.2 Å². The Balaban J connectivity index is 1.34. The first kappa shape index (κ1) is 23.1. The van der Waals surface area contributed by atoms with Gasteiger partial charge in [0.2, 0.25) is 0 Å². The van der Waals surface area contributed by atoms with E-state index in [0.29, 0.717) is 24.7 Å². The molecule has 4 rings (SSSR count). The molecular weight excluding hydrogens is 436 g/mol. The molecule has 0 atom stereocenters. The molecule has 1 fully saturated rings. The summed E-state index contributed by atoms with van der Waals surface area (Å²) in [6, 6.07) is 20.3. The second kappa shape index (κ2) is 9.80. The molecule has 0 saturated carbocycles. The van der Waals surface area contributed by atoms with E-state index in [1.54, 1.807) is 29.2 Å². The van der Waals surface area contributed by atoms with E-state index in [-0.39, 0.29) is 16.6 Å². The van der Waals surface area contributed by atoms with Crippen LogP contribution in [0.25, 0.3) is 0 Å². The normalized spacial score (nSPS) is 15.1. The summed E-state index contributed by atoms with van der Waals surface area (Å²) in [4.78, 5) is 20.2. The Bertz CT molecular complexity index is 1180. The largest absolute Gasteiger partial charge is 0.337 e. The van der Waals surface area contributed by atoms with E-state index in [1.165, 1.54) is 5.56 Å². The smallest absolute Gasteiger partial charge is 0.270 e. The number of piperazine rings is 1. The predicted octanol–water partition coefficient (Wildman–Crippen LogP) is 3.90. The maximum atomic E-state index is 12.9. The third-order valence-electron chi connectivity index (χ3n) is 5.93. The van der Waals surface area contributed by atoms with E-state index in [9.17, 15) is 13.2 Å². The zero-order valence-electron chi connectivity index (χ0n) is 19.0. The topological polar surface area (TPSA) is 85.5 Å². The van der Waals surface area contributed by atoms with Crippen LogP contribution in [0.15, 0.2) is 71.6 Å². The summed E-state index contributed by atoms with van der Waals surface area (Å²) in [7, 11) is -3.74. The van der Waals surface area contributed by atoms with Crippen molar-refractivity contribution in [2.24, 2.45) is 0 Å². The number of hydrogen-bond acceptors (Lipinski definition) is 4. The van der Waals surface area contributed by atoms with Crippen LogP contribution in [0.1, 0.15) is 41.4 Å². The third kappa shape index (κ3) is 5.64. The Hall–Kier alpha value is -3.10. The summed E-state index contributed by atoms with van der Waals surface area (Å²) < 4.78 is 28.0. The number of nitrogens with zero attached hydrogens (tertiary/aromatic N) is 2. The minimum Gasteiger partial charge on any atom is -0.337 e. The fourth-order valence-electron chi connectivity index (χ4n) is 3.94. The third-order valence-corrected chi connectivity index (χ3v) is 7.31. The van der Waals surface area contributed by atoms with E-state index < -0.39 is 10.0 Å². The number of amides is 1. The SMILES string of the molecule is CC(C)c1ccc(S(=O)(=O)Nc2ccc(C(=O)N3CCN(Cc4ccccc4)CC3)[nH]2)cc1. The van der Waals surface area contributed by atoms with Crippen LogP contribution in [0.2, 0.25) is 0 Å². The number of H-pyrrole nitrogens is 1. The number of anilines is 1. The number of nitrogens with one attached hydrogen (secondary N) is 2. The molecule has 0 aliphatic carbocycles. The lowest BCUT2D eigenvalue weighted by atomic mass is 10.0. The van der Waals surface area contributed by atoms with Crippen LogP contribution in [0.4, 0.5) is 5.82 Å². The van der Waals surface area contributed by atoms with Crippen LogP contribution >= 0.6 is 0 Å². The lowest BCUT2D eigenvalue weighted by Gasteiger charge is -2.34. The van der Waals surface area contributed by atoms with Gasteiger partial charge >= 0.3 is 0 Å². The van der Waals surface area contributed by atoms with Gasteiger partial charge in [-0.3, -0.25) is 14.4 Å². The maximum absolute atomic E-state index is 12.9. The molecule has 1 aliphatic heterocycles. The van der Waals surface area contributed by atoms with E-state index in [4.69, 9.17) is 0 Å². The van der Waals surface area contributed by atoms with Crippen LogP contribution in [0, 0.1) is 0 Å². The highest BCUT2D eigenvalue weighted by Crippen LogP contribution is 2.20. The minimum atomic E-state index is -3.74. The lowest BCUT2D eigenvalue weighted by Crippen LogP contribution is -2.48. The summed E-state index contributed by atoms with van der Waals surface area (Å²) in [5.74, 6) is 0.474. The molecule has 33 heavy (non-hydrogen) atoms. The van der Waals surface area contributed by atoms with E-state index in [2.05, 4.69) is 40.6 Å². The zero-order chi connectivity index (χ0) is 23.4. The highest BCUT2D eigenvalue weighted by molar-refractivity contribution is 7.92. The van der Waals surface area contributed by atoms with Gasteiger partial charge in [-0.15, -0.1) is 0 Å². The molecule has 0 spiro atoms. The average molecular weight is 467 g/mol. The van der Waals surface area contributed by atoms with Gasteiger partial charge < -0.3 is 9.88 Å². The molecule has 1 saturated heterocycles. The monoisotopic (exact) mass is 466 g/mol. The number of benzene rings is 2. The van der Waals surface area contributed by atoms with E-state index in [0.717, 1.165) is 25.2 Å². The highest BCUT2D eigenvalue weighted by Gasteiger charge is 2.24. The predicted molar refractivity (Wildman–Crippen MR) is 130 cm³/mol. The molecular formula is C25H30N4O3S. The van der Waals surface area contributed by atoms with Gasteiger partial charge in [0.1, 0.15) is 11.5 Å². The second-order valence-electron chi connectivity index (χ2n) is 8.67. The number of sulfonamides is 1. The fourth-order valence-corrected chi connectivity index (χ4v) is 4.96. The van der Waals surface area contributed by atoms with Crippen LogP contribution < -0.4 is 4.72 Å². The van der Waals surface area contributed by atoms with Gasteiger partial charge in [-0.1, -0.05) is 56.3 Å². The van der Waals surface area contributed by atoms with Crippen molar-refractivity contribution in [1.29, 1.82) is 0 Å². The minimum absolute atomic E-state index is 0.124. The molecule has 0 radical (unpaired) electrons. The molecule has 8 heteroatoms. The first-order chi connectivity index (χ1) is 15.8. The Morgan fingerprint density at radius 2 is 1.61 bits per heavy atom. The van der Waals surface area contributed by atoms with E-state index in [1.807, 2.05) is 30.3 Å². The van der Waals surface area contributed by atoms with Gasteiger partial charge in [-0.25, -0.2) is 8.42 Å². The Morgan fingerprint density at radius 1 is 0.939 bits per heavy atom. The maximum Gasteiger partial charge on any atom is 0.270 e. The lowest BCUT2D eigenvalue weighted by molar-refractivity contribution is 0.0623. The number of carbonyl (C=O) groups is 1. The molecule has 0 bridgehead atoms. The van der Waals surface area contributed by atoms with Crippen LogP contribution in [0.5, 0.6) is 0 Å². The Morgan fingerprint density at radius 3 is 2.24 bits per heavy atom. The number of hydrogen-bond donors (Lipinski definition) is 2. The van der Waals surface area contributed by atoms with Gasteiger partial charge in [0.25, 0.3) is 15.9 Å². The van der Waals surface area contributed by atoms with Crippen molar-refractivity contribution in [1.82, 2.24) is 14.8 Å². The molecule has 7 nitrogen and oxygen atoms in total. The number of carbonyl (C=O) groups excluding carboxylic acids is 1. The first-order valence-corrected chi connectivity index (χ1v) is 12.7.